The Morgan fingerprint density at radius 2 is 1.96 bits per heavy atom. The Morgan fingerprint density at radius 3 is 2.68 bits per heavy atom. The Kier molecular flexibility index (Phi) is 4.49. The number of piperidine rings is 1. The van der Waals surface area contributed by atoms with Gasteiger partial charge in [0.1, 0.15) is 0 Å². The molecule has 3 aromatic rings. The zero-order chi connectivity index (χ0) is 19.1. The molecule has 1 saturated carbocycles. The standard InChI is InChI=1S/C21H22N4O2S/c26-19-13-24(21(27)20-7-4-10-28-20)17(15-5-2-1-3-6-15)11-18(19)25-12-16(22-23-25)14-8-9-14/h1-7,10,12,14,17-19,26H,8-9,11,13H2/t17-,18+,19-/m1/s1. The molecule has 144 valence electrons. The van der Waals surface area contributed by atoms with E-state index in [2.05, 4.69) is 10.3 Å². The van der Waals surface area contributed by atoms with Gasteiger partial charge in [-0.1, -0.05) is 41.6 Å². The molecule has 3 atom stereocenters. The zero-order valence-corrected chi connectivity index (χ0v) is 16.2. The monoisotopic (exact) mass is 394 g/mol. The van der Waals surface area contributed by atoms with Gasteiger partial charge in [0, 0.05) is 18.7 Å². The minimum atomic E-state index is -0.683. The number of aliphatic hydroxyl groups is 1. The van der Waals surface area contributed by atoms with Crippen molar-refractivity contribution in [1.29, 1.82) is 0 Å². The first-order valence-electron chi connectivity index (χ1n) is 9.70. The summed E-state index contributed by atoms with van der Waals surface area (Å²) in [6.07, 6.45) is 4.24. The quantitative estimate of drug-likeness (QED) is 0.736. The van der Waals surface area contributed by atoms with Gasteiger partial charge >= 0.3 is 0 Å². The normalized spacial score (nSPS) is 25.0. The number of amides is 1. The highest BCUT2D eigenvalue weighted by Gasteiger charge is 2.40. The Balaban J connectivity index is 1.46. The summed E-state index contributed by atoms with van der Waals surface area (Å²) in [4.78, 5) is 15.6. The van der Waals surface area contributed by atoms with Gasteiger partial charge in [-0.05, 0) is 36.3 Å². The highest BCUT2D eigenvalue weighted by molar-refractivity contribution is 7.12. The Morgan fingerprint density at radius 1 is 1.14 bits per heavy atom. The molecule has 5 rings (SSSR count). The molecule has 6 nitrogen and oxygen atoms in total. The summed E-state index contributed by atoms with van der Waals surface area (Å²) in [6, 6.07) is 13.5. The molecule has 2 aromatic heterocycles. The molecule has 1 aliphatic heterocycles. The predicted octanol–water partition coefficient (Wildman–Crippen LogP) is 3.41. The number of carbonyl (C=O) groups excluding carboxylic acids is 1. The summed E-state index contributed by atoms with van der Waals surface area (Å²) in [6.45, 7) is 0.277. The van der Waals surface area contributed by atoms with E-state index in [0.717, 1.165) is 11.3 Å². The average molecular weight is 395 g/mol. The summed E-state index contributed by atoms with van der Waals surface area (Å²) in [5.74, 6) is 0.495. The molecule has 28 heavy (non-hydrogen) atoms. The minimum absolute atomic E-state index is 0.0291. The van der Waals surface area contributed by atoms with Crippen LogP contribution in [0.15, 0.2) is 54.0 Å². The molecule has 7 heteroatoms. The largest absolute Gasteiger partial charge is 0.389 e. The molecule has 1 saturated heterocycles. The number of benzene rings is 1. The summed E-state index contributed by atoms with van der Waals surface area (Å²) >= 11 is 1.43. The average Bonchev–Trinajstić information content (AvgIpc) is 3.22. The van der Waals surface area contributed by atoms with Gasteiger partial charge in [-0.2, -0.15) is 0 Å². The highest BCUT2D eigenvalue weighted by Crippen LogP contribution is 2.41. The van der Waals surface area contributed by atoms with Crippen LogP contribution in [0.25, 0.3) is 0 Å². The maximum atomic E-state index is 13.1. The van der Waals surface area contributed by atoms with Crippen molar-refractivity contribution < 1.29 is 9.90 Å². The van der Waals surface area contributed by atoms with E-state index in [4.69, 9.17) is 0 Å². The van der Waals surface area contributed by atoms with Crippen LogP contribution >= 0.6 is 11.3 Å². The molecule has 0 unspecified atom stereocenters. The highest BCUT2D eigenvalue weighted by atomic mass is 32.1. The van der Waals surface area contributed by atoms with Crippen LogP contribution in [-0.4, -0.2) is 43.6 Å². The van der Waals surface area contributed by atoms with E-state index < -0.39 is 6.10 Å². The third-order valence-corrected chi connectivity index (χ3v) is 6.57. The topological polar surface area (TPSA) is 71.2 Å². The number of likely N-dealkylation sites (tertiary alicyclic amines) is 1. The zero-order valence-electron chi connectivity index (χ0n) is 15.4. The van der Waals surface area contributed by atoms with Crippen LogP contribution in [0.1, 0.15) is 58.2 Å². The summed E-state index contributed by atoms with van der Waals surface area (Å²) < 4.78 is 1.81. The SMILES string of the molecule is O=C(c1cccs1)N1C[C@@H](O)[C@@H](n2cc(C3CC3)nn2)C[C@@H]1c1ccccc1. The lowest BCUT2D eigenvalue weighted by Crippen LogP contribution is -2.49. The smallest absolute Gasteiger partial charge is 0.264 e. The van der Waals surface area contributed by atoms with Gasteiger partial charge in [0.25, 0.3) is 5.91 Å². The summed E-state index contributed by atoms with van der Waals surface area (Å²) in [5, 5.41) is 21.4. The molecule has 0 bridgehead atoms. The van der Waals surface area contributed by atoms with Crippen LogP contribution < -0.4 is 0 Å². The number of carbonyl (C=O) groups is 1. The van der Waals surface area contributed by atoms with Crippen LogP contribution in [0.2, 0.25) is 0 Å². The van der Waals surface area contributed by atoms with Gasteiger partial charge < -0.3 is 10.0 Å². The summed E-state index contributed by atoms with van der Waals surface area (Å²) in [7, 11) is 0. The van der Waals surface area contributed by atoms with Crippen molar-refractivity contribution in [2.75, 3.05) is 6.54 Å². The second-order valence-corrected chi connectivity index (χ2v) is 8.58. The summed E-state index contributed by atoms with van der Waals surface area (Å²) in [5.41, 5.74) is 2.09. The van der Waals surface area contributed by atoms with Gasteiger partial charge in [0.05, 0.1) is 28.8 Å². The lowest BCUT2D eigenvalue weighted by Gasteiger charge is -2.42. The molecule has 2 aliphatic rings. The molecule has 1 aliphatic carbocycles. The number of aromatic nitrogens is 3. The molecular weight excluding hydrogens is 372 g/mol. The van der Waals surface area contributed by atoms with Crippen LogP contribution in [0.5, 0.6) is 0 Å². The van der Waals surface area contributed by atoms with Crippen molar-refractivity contribution in [2.45, 2.75) is 43.4 Å². The van der Waals surface area contributed by atoms with Crippen LogP contribution in [0.3, 0.4) is 0 Å². The van der Waals surface area contributed by atoms with Crippen molar-refractivity contribution in [3.63, 3.8) is 0 Å². The predicted molar refractivity (Wildman–Crippen MR) is 106 cm³/mol. The van der Waals surface area contributed by atoms with E-state index in [1.54, 1.807) is 9.58 Å². The van der Waals surface area contributed by atoms with E-state index in [0.29, 0.717) is 17.2 Å². The van der Waals surface area contributed by atoms with Crippen LogP contribution in [0.4, 0.5) is 0 Å². The Labute approximate surface area is 167 Å². The van der Waals surface area contributed by atoms with Gasteiger partial charge in [-0.25, -0.2) is 4.68 Å². The number of nitrogens with zero attached hydrogens (tertiary/aromatic N) is 4. The van der Waals surface area contributed by atoms with Crippen LogP contribution in [0, 0.1) is 0 Å². The number of β-amino-alcohol motifs (C(OH)–C–C–N with tert-alkyl or cyclic N) is 1. The molecule has 1 N–H and O–H groups in total. The lowest BCUT2D eigenvalue weighted by atomic mass is 9.90. The second kappa shape index (κ2) is 7.14. The van der Waals surface area contributed by atoms with Crippen molar-refractivity contribution in [3.8, 4) is 0 Å². The number of aliphatic hydroxyl groups excluding tert-OH is 1. The molecule has 2 fully saturated rings. The Hall–Kier alpha value is -2.51. The molecule has 0 spiro atoms. The maximum Gasteiger partial charge on any atom is 0.264 e. The molecular formula is C21H22N4O2S. The van der Waals surface area contributed by atoms with Gasteiger partial charge in [-0.3, -0.25) is 4.79 Å². The van der Waals surface area contributed by atoms with E-state index >= 15 is 0 Å². The van der Waals surface area contributed by atoms with Crippen molar-refractivity contribution in [3.05, 3.63) is 70.2 Å². The van der Waals surface area contributed by atoms with Crippen LogP contribution in [-0.2, 0) is 0 Å². The molecule has 0 radical (unpaired) electrons. The van der Waals surface area contributed by atoms with Gasteiger partial charge in [-0.15, -0.1) is 16.4 Å². The first-order valence-corrected chi connectivity index (χ1v) is 10.6. The third-order valence-electron chi connectivity index (χ3n) is 5.71. The first kappa shape index (κ1) is 17.6. The number of rotatable bonds is 4. The maximum absolute atomic E-state index is 13.1. The lowest BCUT2D eigenvalue weighted by molar-refractivity contribution is -0.00384. The van der Waals surface area contributed by atoms with Crippen molar-refractivity contribution >= 4 is 17.2 Å². The minimum Gasteiger partial charge on any atom is -0.389 e. The number of thiophene rings is 1. The molecule has 1 aromatic carbocycles. The Bertz CT molecular complexity index is 952. The van der Waals surface area contributed by atoms with Crippen molar-refractivity contribution in [2.24, 2.45) is 0 Å². The van der Waals surface area contributed by atoms with Crippen molar-refractivity contribution in [1.82, 2.24) is 19.9 Å². The van der Waals surface area contributed by atoms with E-state index in [9.17, 15) is 9.90 Å². The van der Waals surface area contributed by atoms with Gasteiger partial charge in [0.15, 0.2) is 0 Å². The fourth-order valence-corrected chi connectivity index (χ4v) is 4.70. The van der Waals surface area contributed by atoms with Gasteiger partial charge in [0.2, 0.25) is 0 Å². The van der Waals surface area contributed by atoms with E-state index in [1.165, 1.54) is 24.2 Å². The third kappa shape index (κ3) is 3.25. The molecule has 3 heterocycles. The fourth-order valence-electron chi connectivity index (χ4n) is 4.02. The molecule has 1 amide bonds. The second-order valence-electron chi connectivity index (χ2n) is 7.63. The number of hydrogen-bond donors (Lipinski definition) is 1. The van der Waals surface area contributed by atoms with E-state index in [1.807, 2.05) is 54.0 Å². The number of hydrogen-bond acceptors (Lipinski definition) is 5. The van der Waals surface area contributed by atoms with E-state index in [-0.39, 0.29) is 24.5 Å². The first-order chi connectivity index (χ1) is 13.7. The fraction of sp³-hybridized carbons (Fsp3) is 0.381.